The highest BCUT2D eigenvalue weighted by Gasteiger charge is 2.25. The molecule has 0 unspecified atom stereocenters. The zero-order valence-corrected chi connectivity index (χ0v) is 16.8. The number of rotatable bonds is 6. The number of nitrogens with one attached hydrogen (secondary N) is 1. The number of carbonyl (C=O) groups is 2. The van der Waals surface area contributed by atoms with E-state index < -0.39 is 36.7 Å². The van der Waals surface area contributed by atoms with Crippen LogP contribution in [0, 0.1) is 0 Å². The van der Waals surface area contributed by atoms with Gasteiger partial charge in [-0.25, -0.2) is 26.4 Å². The van der Waals surface area contributed by atoms with Crippen LogP contribution in [0.1, 0.15) is 20.7 Å². The summed E-state index contributed by atoms with van der Waals surface area (Å²) in [6.45, 7) is 0. The molecule has 0 saturated carbocycles. The van der Waals surface area contributed by atoms with Crippen molar-refractivity contribution < 1.29 is 35.9 Å². The van der Waals surface area contributed by atoms with Gasteiger partial charge in [0.05, 0.1) is 30.2 Å². The molecular formula is C17H17NO8S2. The first-order chi connectivity index (χ1) is 13.0. The van der Waals surface area contributed by atoms with Gasteiger partial charge in [0, 0.05) is 11.9 Å². The molecule has 11 heteroatoms. The molecule has 0 fully saturated rings. The first-order valence-corrected chi connectivity index (χ1v) is 11.0. The van der Waals surface area contributed by atoms with E-state index in [1.807, 2.05) is 0 Å². The summed E-state index contributed by atoms with van der Waals surface area (Å²) in [7, 11) is -5.55. The number of methoxy groups -OCH3 is 2. The van der Waals surface area contributed by atoms with Crippen molar-refractivity contribution in [1.29, 1.82) is 0 Å². The van der Waals surface area contributed by atoms with Crippen LogP contribution in [0.25, 0.3) is 0 Å². The number of hydrogen-bond acceptors (Lipinski definition) is 8. The number of sulfone groups is 1. The van der Waals surface area contributed by atoms with Gasteiger partial charge in [0.15, 0.2) is 9.84 Å². The zero-order chi connectivity index (χ0) is 21.1. The van der Waals surface area contributed by atoms with E-state index >= 15 is 0 Å². The van der Waals surface area contributed by atoms with Crippen molar-refractivity contribution >= 4 is 37.5 Å². The molecule has 2 rings (SSSR count). The van der Waals surface area contributed by atoms with Crippen molar-refractivity contribution in [3.8, 4) is 0 Å². The summed E-state index contributed by atoms with van der Waals surface area (Å²) in [6.07, 6.45) is 1.02. The molecule has 2 aromatic carbocycles. The highest BCUT2D eigenvalue weighted by molar-refractivity contribution is 7.92. The topological polar surface area (TPSA) is 133 Å². The lowest BCUT2D eigenvalue weighted by molar-refractivity contribution is 0.0583. The number of esters is 2. The number of benzene rings is 2. The molecular weight excluding hydrogens is 410 g/mol. The Kier molecular flexibility index (Phi) is 6.10. The van der Waals surface area contributed by atoms with E-state index in [2.05, 4.69) is 14.2 Å². The monoisotopic (exact) mass is 427 g/mol. The van der Waals surface area contributed by atoms with Crippen LogP contribution >= 0.6 is 0 Å². The minimum Gasteiger partial charge on any atom is -0.465 e. The Balaban J connectivity index is 2.51. The van der Waals surface area contributed by atoms with Crippen molar-refractivity contribution in [3.63, 3.8) is 0 Å². The molecule has 0 amide bonds. The lowest BCUT2D eigenvalue weighted by Gasteiger charge is -2.13. The van der Waals surface area contributed by atoms with Crippen LogP contribution in [0.3, 0.4) is 0 Å². The lowest BCUT2D eigenvalue weighted by atomic mass is 10.1. The lowest BCUT2D eigenvalue weighted by Crippen LogP contribution is -2.19. The number of anilines is 1. The standard InChI is InChI=1S/C17H17NO8S2/c1-25-16(19)11-4-9-14(17(20)26-2)15(10-11)28(23,24)18-12-5-7-13(8-6-12)27(3,21)22/h4-10,18H,1-3H3. The van der Waals surface area contributed by atoms with Crippen molar-refractivity contribution in [2.45, 2.75) is 9.79 Å². The van der Waals surface area contributed by atoms with E-state index in [1.54, 1.807) is 0 Å². The molecule has 0 saturated heterocycles. The molecule has 0 aliphatic carbocycles. The maximum absolute atomic E-state index is 12.8. The minimum absolute atomic E-state index is 0.0124. The molecule has 0 aromatic heterocycles. The molecule has 0 heterocycles. The Morgan fingerprint density at radius 1 is 0.857 bits per heavy atom. The summed E-state index contributed by atoms with van der Waals surface area (Å²) >= 11 is 0. The number of sulfonamides is 1. The number of ether oxygens (including phenoxy) is 2. The largest absolute Gasteiger partial charge is 0.465 e. The van der Waals surface area contributed by atoms with Crippen LogP contribution < -0.4 is 4.72 Å². The Bertz CT molecular complexity index is 1120. The third-order valence-corrected chi connectivity index (χ3v) is 6.18. The van der Waals surface area contributed by atoms with Crippen LogP contribution in [0.2, 0.25) is 0 Å². The Morgan fingerprint density at radius 2 is 1.43 bits per heavy atom. The Labute approximate surface area is 162 Å². The molecule has 0 spiro atoms. The SMILES string of the molecule is COC(=O)c1ccc(C(=O)OC)c(S(=O)(=O)Nc2ccc(S(C)(=O)=O)cc2)c1. The van der Waals surface area contributed by atoms with E-state index in [0.717, 1.165) is 32.6 Å². The number of hydrogen-bond donors (Lipinski definition) is 1. The first-order valence-electron chi connectivity index (χ1n) is 7.63. The molecule has 0 aliphatic heterocycles. The van der Waals surface area contributed by atoms with Crippen molar-refractivity contribution in [1.82, 2.24) is 0 Å². The van der Waals surface area contributed by atoms with Gasteiger partial charge in [-0.15, -0.1) is 0 Å². The second-order valence-electron chi connectivity index (χ2n) is 5.60. The van der Waals surface area contributed by atoms with E-state index in [4.69, 9.17) is 0 Å². The van der Waals surface area contributed by atoms with Crippen molar-refractivity contribution in [3.05, 3.63) is 53.6 Å². The van der Waals surface area contributed by atoms with Gasteiger partial charge in [0.1, 0.15) is 4.90 Å². The molecule has 28 heavy (non-hydrogen) atoms. The fourth-order valence-corrected chi connectivity index (χ4v) is 4.16. The van der Waals surface area contributed by atoms with Crippen molar-refractivity contribution in [2.75, 3.05) is 25.2 Å². The molecule has 150 valence electrons. The van der Waals surface area contributed by atoms with Crippen LogP contribution in [0.5, 0.6) is 0 Å². The summed E-state index contributed by atoms with van der Waals surface area (Å²) in [5.74, 6) is -1.70. The minimum atomic E-state index is -4.32. The molecule has 0 aliphatic rings. The highest BCUT2D eigenvalue weighted by Crippen LogP contribution is 2.23. The normalized spacial score (nSPS) is 11.5. The Morgan fingerprint density at radius 3 is 1.93 bits per heavy atom. The van der Waals surface area contributed by atoms with Gasteiger partial charge in [0.25, 0.3) is 10.0 Å². The summed E-state index contributed by atoms with van der Waals surface area (Å²) in [5.41, 5.74) is -0.301. The third-order valence-electron chi connectivity index (χ3n) is 3.63. The van der Waals surface area contributed by atoms with Crippen LogP contribution in [-0.4, -0.2) is 49.2 Å². The molecule has 1 N–H and O–H groups in total. The molecule has 9 nitrogen and oxygen atoms in total. The second-order valence-corrected chi connectivity index (χ2v) is 9.26. The van der Waals surface area contributed by atoms with Crippen LogP contribution in [0.15, 0.2) is 52.3 Å². The molecule has 2 aromatic rings. The predicted octanol–water partition coefficient (Wildman–Crippen LogP) is 1.46. The molecule has 0 bridgehead atoms. The van der Waals surface area contributed by atoms with E-state index in [-0.39, 0.29) is 21.7 Å². The zero-order valence-electron chi connectivity index (χ0n) is 15.1. The first kappa shape index (κ1) is 21.4. The van der Waals surface area contributed by atoms with Gasteiger partial charge >= 0.3 is 11.9 Å². The second kappa shape index (κ2) is 7.98. The molecule has 0 atom stereocenters. The maximum Gasteiger partial charge on any atom is 0.339 e. The van der Waals surface area contributed by atoms with E-state index in [9.17, 15) is 26.4 Å². The van der Waals surface area contributed by atoms with E-state index in [1.165, 1.54) is 30.3 Å². The smallest absolute Gasteiger partial charge is 0.339 e. The fourth-order valence-electron chi connectivity index (χ4n) is 2.25. The quantitative estimate of drug-likeness (QED) is 0.685. The third kappa shape index (κ3) is 4.67. The average Bonchev–Trinajstić information content (AvgIpc) is 2.65. The van der Waals surface area contributed by atoms with Gasteiger partial charge in [-0.3, -0.25) is 4.72 Å². The summed E-state index contributed by atoms with van der Waals surface area (Å²) in [5, 5.41) is 0. The summed E-state index contributed by atoms with van der Waals surface area (Å²) in [6, 6.07) is 8.35. The summed E-state index contributed by atoms with van der Waals surface area (Å²) in [4.78, 5) is 23.2. The average molecular weight is 427 g/mol. The van der Waals surface area contributed by atoms with Gasteiger partial charge in [-0.2, -0.15) is 0 Å². The van der Waals surface area contributed by atoms with E-state index in [0.29, 0.717) is 0 Å². The van der Waals surface area contributed by atoms with Gasteiger partial charge in [-0.1, -0.05) is 0 Å². The Hall–Kier alpha value is -2.92. The maximum atomic E-state index is 12.8. The highest BCUT2D eigenvalue weighted by atomic mass is 32.2. The molecule has 0 radical (unpaired) electrons. The van der Waals surface area contributed by atoms with Gasteiger partial charge in [-0.05, 0) is 42.5 Å². The number of carbonyl (C=O) groups excluding carboxylic acids is 2. The van der Waals surface area contributed by atoms with Crippen LogP contribution in [-0.2, 0) is 29.3 Å². The van der Waals surface area contributed by atoms with Crippen LogP contribution in [0.4, 0.5) is 5.69 Å². The van der Waals surface area contributed by atoms with Gasteiger partial charge < -0.3 is 9.47 Å². The van der Waals surface area contributed by atoms with Crippen molar-refractivity contribution in [2.24, 2.45) is 0 Å². The predicted molar refractivity (Wildman–Crippen MR) is 99.5 cm³/mol. The van der Waals surface area contributed by atoms with Gasteiger partial charge in [0.2, 0.25) is 0 Å². The summed E-state index contributed by atoms with van der Waals surface area (Å²) < 4.78 is 60.0. The fraction of sp³-hybridized carbons (Fsp3) is 0.176.